The summed E-state index contributed by atoms with van der Waals surface area (Å²) in [4.78, 5) is 29.6. The fourth-order valence-electron chi connectivity index (χ4n) is 2.70. The van der Waals surface area contributed by atoms with Crippen molar-refractivity contribution in [2.24, 2.45) is 11.8 Å². The van der Waals surface area contributed by atoms with E-state index in [-0.39, 0.29) is 18.4 Å². The van der Waals surface area contributed by atoms with Gasteiger partial charge in [-0.1, -0.05) is 37.3 Å². The lowest BCUT2D eigenvalue weighted by Gasteiger charge is -2.13. The van der Waals surface area contributed by atoms with Crippen LogP contribution in [-0.2, 0) is 4.79 Å². The van der Waals surface area contributed by atoms with Gasteiger partial charge in [0.1, 0.15) is 10.7 Å². The number of benzene rings is 1. The van der Waals surface area contributed by atoms with Gasteiger partial charge in [0.05, 0.1) is 5.92 Å². The van der Waals surface area contributed by atoms with Gasteiger partial charge in [-0.3, -0.25) is 9.59 Å². The lowest BCUT2D eigenvalue weighted by molar-refractivity contribution is -0.142. The standard InChI is InChI=1S/C16H16N2O3S/c1-10-7-18(8-12(10)16(20)21)15(19)13-9-22-14(17-13)11-5-3-2-4-6-11/h2-6,9-10,12H,7-8H2,1H3,(H,20,21)/t10-,12-/m1/s1. The summed E-state index contributed by atoms with van der Waals surface area (Å²) in [5, 5.41) is 11.7. The molecule has 6 heteroatoms. The molecule has 0 saturated carbocycles. The minimum atomic E-state index is -0.842. The van der Waals surface area contributed by atoms with Crippen LogP contribution < -0.4 is 0 Å². The van der Waals surface area contributed by atoms with Gasteiger partial charge in [-0.05, 0) is 5.92 Å². The zero-order chi connectivity index (χ0) is 15.7. The van der Waals surface area contributed by atoms with E-state index in [1.165, 1.54) is 11.3 Å². The van der Waals surface area contributed by atoms with E-state index >= 15 is 0 Å². The summed E-state index contributed by atoms with van der Waals surface area (Å²) < 4.78 is 0. The number of hydrogen-bond donors (Lipinski definition) is 1. The molecule has 2 aromatic rings. The topological polar surface area (TPSA) is 70.5 Å². The highest BCUT2D eigenvalue weighted by molar-refractivity contribution is 7.13. The molecule has 0 spiro atoms. The van der Waals surface area contributed by atoms with Crippen LogP contribution >= 0.6 is 11.3 Å². The first-order valence-electron chi connectivity index (χ1n) is 7.09. The van der Waals surface area contributed by atoms with Crippen molar-refractivity contribution < 1.29 is 14.7 Å². The number of nitrogens with zero attached hydrogens (tertiary/aromatic N) is 2. The number of carboxylic acid groups (broad SMARTS) is 1. The van der Waals surface area contributed by atoms with Gasteiger partial charge in [-0.25, -0.2) is 4.98 Å². The van der Waals surface area contributed by atoms with Crippen LogP contribution in [0.5, 0.6) is 0 Å². The van der Waals surface area contributed by atoms with Crippen LogP contribution in [0.4, 0.5) is 0 Å². The average molecular weight is 316 g/mol. The molecule has 2 heterocycles. The van der Waals surface area contributed by atoms with Crippen LogP contribution in [0.15, 0.2) is 35.7 Å². The SMILES string of the molecule is C[C@@H]1CN(C(=O)c2csc(-c3ccccc3)n2)C[C@H]1C(=O)O. The van der Waals surface area contributed by atoms with Gasteiger partial charge in [0.2, 0.25) is 0 Å². The highest BCUT2D eigenvalue weighted by Gasteiger charge is 2.37. The molecule has 1 aromatic carbocycles. The largest absolute Gasteiger partial charge is 0.481 e. The predicted octanol–water partition coefficient (Wildman–Crippen LogP) is 2.60. The minimum absolute atomic E-state index is 0.0336. The van der Waals surface area contributed by atoms with Crippen LogP contribution in [0, 0.1) is 11.8 Å². The smallest absolute Gasteiger partial charge is 0.308 e. The van der Waals surface area contributed by atoms with E-state index in [0.29, 0.717) is 12.2 Å². The Morgan fingerprint density at radius 3 is 2.64 bits per heavy atom. The zero-order valence-corrected chi connectivity index (χ0v) is 12.9. The Bertz CT molecular complexity index is 698. The highest BCUT2D eigenvalue weighted by Crippen LogP contribution is 2.27. The second-order valence-electron chi connectivity index (χ2n) is 5.54. The van der Waals surface area contributed by atoms with Crippen LogP contribution in [0.3, 0.4) is 0 Å². The summed E-state index contributed by atoms with van der Waals surface area (Å²) in [6.45, 7) is 2.59. The third kappa shape index (κ3) is 2.74. The van der Waals surface area contributed by atoms with Gasteiger partial charge in [-0.2, -0.15) is 0 Å². The molecule has 1 N–H and O–H groups in total. The lowest BCUT2D eigenvalue weighted by Crippen LogP contribution is -2.30. The number of amides is 1. The molecule has 5 nitrogen and oxygen atoms in total. The summed E-state index contributed by atoms with van der Waals surface area (Å²) in [5.41, 5.74) is 1.37. The van der Waals surface area contributed by atoms with E-state index in [1.54, 1.807) is 10.3 Å². The van der Waals surface area contributed by atoms with E-state index in [0.717, 1.165) is 10.6 Å². The quantitative estimate of drug-likeness (QED) is 0.945. The van der Waals surface area contributed by atoms with Gasteiger partial charge in [0.25, 0.3) is 5.91 Å². The van der Waals surface area contributed by atoms with Crippen molar-refractivity contribution in [2.45, 2.75) is 6.92 Å². The fraction of sp³-hybridized carbons (Fsp3) is 0.312. The fourth-order valence-corrected chi connectivity index (χ4v) is 3.50. The predicted molar refractivity (Wildman–Crippen MR) is 83.7 cm³/mol. The molecule has 0 radical (unpaired) electrons. The molecule has 1 amide bonds. The van der Waals surface area contributed by atoms with E-state index < -0.39 is 11.9 Å². The van der Waals surface area contributed by atoms with E-state index in [9.17, 15) is 9.59 Å². The maximum atomic E-state index is 12.5. The molecular weight excluding hydrogens is 300 g/mol. The van der Waals surface area contributed by atoms with Crippen molar-refractivity contribution in [3.8, 4) is 10.6 Å². The Kier molecular flexibility index (Phi) is 3.94. The first-order chi connectivity index (χ1) is 10.6. The lowest BCUT2D eigenvalue weighted by atomic mass is 9.99. The molecule has 1 aromatic heterocycles. The molecule has 2 atom stereocenters. The second kappa shape index (κ2) is 5.88. The zero-order valence-electron chi connectivity index (χ0n) is 12.1. The molecule has 114 valence electrons. The molecule has 22 heavy (non-hydrogen) atoms. The maximum Gasteiger partial charge on any atom is 0.308 e. The monoisotopic (exact) mass is 316 g/mol. The Morgan fingerprint density at radius 2 is 2.00 bits per heavy atom. The molecule has 1 aliphatic heterocycles. The first kappa shape index (κ1) is 14.7. The third-order valence-electron chi connectivity index (χ3n) is 3.96. The molecular formula is C16H16N2O3S. The molecule has 0 unspecified atom stereocenters. The number of rotatable bonds is 3. The van der Waals surface area contributed by atoms with Crippen LogP contribution in [0.25, 0.3) is 10.6 Å². The van der Waals surface area contributed by atoms with Gasteiger partial charge < -0.3 is 10.0 Å². The first-order valence-corrected chi connectivity index (χ1v) is 7.97. The Hall–Kier alpha value is -2.21. The number of likely N-dealkylation sites (tertiary alicyclic amines) is 1. The highest BCUT2D eigenvalue weighted by atomic mass is 32.1. The van der Waals surface area contributed by atoms with Crippen LogP contribution in [0.1, 0.15) is 17.4 Å². The van der Waals surface area contributed by atoms with Crippen molar-refractivity contribution >= 4 is 23.2 Å². The summed E-state index contributed by atoms with van der Waals surface area (Å²) in [5.74, 6) is -1.55. The van der Waals surface area contributed by atoms with Crippen molar-refractivity contribution in [2.75, 3.05) is 13.1 Å². The molecule has 0 bridgehead atoms. The normalized spacial score (nSPS) is 21.0. The number of carbonyl (C=O) groups is 2. The third-order valence-corrected chi connectivity index (χ3v) is 4.85. The van der Waals surface area contributed by atoms with Crippen molar-refractivity contribution in [1.82, 2.24) is 9.88 Å². The van der Waals surface area contributed by atoms with Gasteiger partial charge in [-0.15, -0.1) is 11.3 Å². The Labute approximate surface area is 132 Å². The number of carbonyl (C=O) groups excluding carboxylic acids is 1. The summed E-state index contributed by atoms with van der Waals surface area (Å²) in [6.07, 6.45) is 0. The van der Waals surface area contributed by atoms with Crippen molar-refractivity contribution in [3.05, 3.63) is 41.4 Å². The summed E-state index contributed by atoms with van der Waals surface area (Å²) in [7, 11) is 0. The maximum absolute atomic E-state index is 12.5. The molecule has 3 rings (SSSR count). The molecule has 1 aliphatic rings. The second-order valence-corrected chi connectivity index (χ2v) is 6.39. The van der Waals surface area contributed by atoms with Crippen molar-refractivity contribution in [3.63, 3.8) is 0 Å². The van der Waals surface area contributed by atoms with Gasteiger partial charge >= 0.3 is 5.97 Å². The molecule has 0 aliphatic carbocycles. The van der Waals surface area contributed by atoms with Crippen LogP contribution in [-0.4, -0.2) is 40.0 Å². The molecule has 1 saturated heterocycles. The minimum Gasteiger partial charge on any atom is -0.481 e. The summed E-state index contributed by atoms with van der Waals surface area (Å²) >= 11 is 1.42. The average Bonchev–Trinajstić information content (AvgIpc) is 3.14. The number of aliphatic carboxylic acids is 1. The van der Waals surface area contributed by atoms with Crippen molar-refractivity contribution in [1.29, 1.82) is 0 Å². The number of hydrogen-bond acceptors (Lipinski definition) is 4. The van der Waals surface area contributed by atoms with Gasteiger partial charge in [0, 0.05) is 24.0 Å². The van der Waals surface area contributed by atoms with Gasteiger partial charge in [0.15, 0.2) is 0 Å². The number of thiazole rings is 1. The van der Waals surface area contributed by atoms with E-state index in [2.05, 4.69) is 4.98 Å². The molecule has 1 fully saturated rings. The summed E-state index contributed by atoms with van der Waals surface area (Å²) in [6, 6.07) is 9.69. The Morgan fingerprint density at radius 1 is 1.27 bits per heavy atom. The van der Waals surface area contributed by atoms with Crippen LogP contribution in [0.2, 0.25) is 0 Å². The Balaban J connectivity index is 1.77. The number of carboxylic acids is 1. The van der Waals surface area contributed by atoms with E-state index in [1.807, 2.05) is 37.3 Å². The number of aromatic nitrogens is 1. The van der Waals surface area contributed by atoms with E-state index in [4.69, 9.17) is 5.11 Å².